The number of ether oxygens (including phenoxy) is 2. The molecule has 22 heavy (non-hydrogen) atoms. The number of methoxy groups -OCH3 is 1. The van der Waals surface area contributed by atoms with Crippen molar-refractivity contribution in [2.24, 2.45) is 0 Å². The van der Waals surface area contributed by atoms with Crippen LogP contribution < -0.4 is 0 Å². The largest absolute Gasteiger partial charge is 0.466 e. The third-order valence-corrected chi connectivity index (χ3v) is 4.15. The predicted molar refractivity (Wildman–Crippen MR) is 89.3 cm³/mol. The van der Waals surface area contributed by atoms with Gasteiger partial charge in [0.15, 0.2) is 0 Å². The molecule has 1 aliphatic rings. The minimum atomic E-state index is -0.290. The van der Waals surface area contributed by atoms with E-state index in [1.807, 2.05) is 13.8 Å². The van der Waals surface area contributed by atoms with Crippen LogP contribution in [0.2, 0.25) is 0 Å². The van der Waals surface area contributed by atoms with Gasteiger partial charge in [-0.25, -0.2) is 4.79 Å². The molecule has 0 bridgehead atoms. The zero-order valence-electron chi connectivity index (χ0n) is 14.5. The van der Waals surface area contributed by atoms with Crippen LogP contribution in [0.5, 0.6) is 0 Å². The summed E-state index contributed by atoms with van der Waals surface area (Å²) in [6.07, 6.45) is 9.04. The van der Waals surface area contributed by atoms with Gasteiger partial charge in [-0.2, -0.15) is 0 Å². The van der Waals surface area contributed by atoms with E-state index in [0.717, 1.165) is 37.7 Å². The van der Waals surface area contributed by atoms with Crippen LogP contribution in [-0.2, 0) is 14.3 Å². The summed E-state index contributed by atoms with van der Waals surface area (Å²) >= 11 is 0. The highest BCUT2D eigenvalue weighted by Gasteiger charge is 2.47. The highest BCUT2D eigenvalue weighted by Crippen LogP contribution is 2.40. The number of rotatable bonds is 8. The summed E-state index contributed by atoms with van der Waals surface area (Å²) in [6, 6.07) is 0. The van der Waals surface area contributed by atoms with Crippen molar-refractivity contribution in [2.45, 2.75) is 71.5 Å². The zero-order chi connectivity index (χ0) is 16.6. The van der Waals surface area contributed by atoms with Gasteiger partial charge < -0.3 is 9.47 Å². The second-order valence-corrected chi connectivity index (χ2v) is 6.08. The lowest BCUT2D eigenvalue weighted by Gasteiger charge is -2.06. The smallest absolute Gasteiger partial charge is 0.330 e. The quantitative estimate of drug-likeness (QED) is 0.292. The first-order valence-corrected chi connectivity index (χ1v) is 7.96. The lowest BCUT2D eigenvalue weighted by Crippen LogP contribution is -2.07. The van der Waals surface area contributed by atoms with Gasteiger partial charge in [0.25, 0.3) is 0 Å². The van der Waals surface area contributed by atoms with Gasteiger partial charge in [0.05, 0.1) is 18.8 Å². The number of carbonyl (C=O) groups is 1. The SMILES string of the molecule is CC#C/C(=C\CC/C(C)=C/C(=O)OC)CCCC1(C)OC1C. The second kappa shape index (κ2) is 8.80. The highest BCUT2D eigenvalue weighted by molar-refractivity contribution is 5.82. The van der Waals surface area contributed by atoms with Gasteiger partial charge in [0.1, 0.15) is 0 Å². The van der Waals surface area contributed by atoms with E-state index in [1.54, 1.807) is 6.08 Å². The van der Waals surface area contributed by atoms with Gasteiger partial charge >= 0.3 is 5.97 Å². The van der Waals surface area contributed by atoms with Crippen molar-refractivity contribution < 1.29 is 14.3 Å². The van der Waals surface area contributed by atoms with E-state index in [1.165, 1.54) is 12.7 Å². The van der Waals surface area contributed by atoms with Crippen LogP contribution >= 0.6 is 0 Å². The van der Waals surface area contributed by atoms with E-state index < -0.39 is 0 Å². The molecular weight excluding hydrogens is 276 g/mol. The first-order chi connectivity index (χ1) is 10.4. The van der Waals surface area contributed by atoms with Crippen molar-refractivity contribution in [3.63, 3.8) is 0 Å². The number of esters is 1. The van der Waals surface area contributed by atoms with Crippen LogP contribution in [0.25, 0.3) is 0 Å². The van der Waals surface area contributed by atoms with Crippen LogP contribution in [0.4, 0.5) is 0 Å². The maximum absolute atomic E-state index is 11.1. The molecule has 1 fully saturated rings. The summed E-state index contributed by atoms with van der Waals surface area (Å²) in [5.74, 6) is 5.88. The molecule has 122 valence electrons. The minimum absolute atomic E-state index is 0.0879. The first-order valence-electron chi connectivity index (χ1n) is 7.96. The molecule has 0 spiro atoms. The number of epoxide rings is 1. The van der Waals surface area contributed by atoms with E-state index in [4.69, 9.17) is 4.74 Å². The molecule has 2 atom stereocenters. The van der Waals surface area contributed by atoms with E-state index >= 15 is 0 Å². The van der Waals surface area contributed by atoms with Gasteiger partial charge in [0.2, 0.25) is 0 Å². The van der Waals surface area contributed by atoms with E-state index in [2.05, 4.69) is 36.5 Å². The summed E-state index contributed by atoms with van der Waals surface area (Å²) < 4.78 is 10.2. The fourth-order valence-electron chi connectivity index (χ4n) is 2.44. The number of hydrogen-bond acceptors (Lipinski definition) is 3. The summed E-state index contributed by atoms with van der Waals surface area (Å²) in [7, 11) is 1.39. The summed E-state index contributed by atoms with van der Waals surface area (Å²) in [5, 5.41) is 0. The average molecular weight is 304 g/mol. The average Bonchev–Trinajstić information content (AvgIpc) is 3.05. The third-order valence-electron chi connectivity index (χ3n) is 4.15. The fourth-order valence-corrected chi connectivity index (χ4v) is 2.44. The van der Waals surface area contributed by atoms with Crippen molar-refractivity contribution in [3.8, 4) is 11.8 Å². The minimum Gasteiger partial charge on any atom is -0.466 e. The Morgan fingerprint density at radius 2 is 2.09 bits per heavy atom. The van der Waals surface area contributed by atoms with E-state index in [9.17, 15) is 4.79 Å². The summed E-state index contributed by atoms with van der Waals surface area (Å²) in [5.41, 5.74) is 2.30. The Labute approximate surface area is 134 Å². The molecule has 1 saturated heterocycles. The molecule has 3 heteroatoms. The van der Waals surface area contributed by atoms with Gasteiger partial charge in [-0.1, -0.05) is 17.6 Å². The van der Waals surface area contributed by atoms with Crippen molar-refractivity contribution in [2.75, 3.05) is 7.11 Å². The summed E-state index contributed by atoms with van der Waals surface area (Å²) in [6.45, 7) is 8.11. The van der Waals surface area contributed by atoms with Crippen LogP contribution in [0.15, 0.2) is 23.3 Å². The number of allylic oxidation sites excluding steroid dienone is 3. The first kappa shape index (κ1) is 18.5. The maximum Gasteiger partial charge on any atom is 0.330 e. The fraction of sp³-hybridized carbons (Fsp3) is 0.632. The molecule has 0 aromatic carbocycles. The third kappa shape index (κ3) is 6.49. The molecule has 1 aliphatic heterocycles. The molecule has 0 N–H and O–H groups in total. The number of carbonyl (C=O) groups excluding carboxylic acids is 1. The highest BCUT2D eigenvalue weighted by atomic mass is 16.6. The Morgan fingerprint density at radius 1 is 1.41 bits per heavy atom. The van der Waals surface area contributed by atoms with Gasteiger partial charge in [-0.15, -0.1) is 5.92 Å². The molecule has 0 amide bonds. The summed E-state index contributed by atoms with van der Waals surface area (Å²) in [4.78, 5) is 11.1. The van der Waals surface area contributed by atoms with Gasteiger partial charge in [-0.3, -0.25) is 0 Å². The van der Waals surface area contributed by atoms with Crippen LogP contribution in [0, 0.1) is 11.8 Å². The van der Waals surface area contributed by atoms with Crippen LogP contribution in [0.3, 0.4) is 0 Å². The Bertz CT molecular complexity index is 505. The molecule has 0 aromatic rings. The van der Waals surface area contributed by atoms with Crippen molar-refractivity contribution >= 4 is 5.97 Å². The normalized spacial score (nSPS) is 24.5. The van der Waals surface area contributed by atoms with E-state index in [0.29, 0.717) is 6.10 Å². The Balaban J connectivity index is 2.40. The Hall–Kier alpha value is -1.53. The number of hydrogen-bond donors (Lipinski definition) is 0. The molecular formula is C19H28O3. The monoisotopic (exact) mass is 304 g/mol. The standard InChI is InChI=1S/C19H28O3/c1-6-9-17(12-8-13-19(4)16(3)22-19)11-7-10-15(2)14-18(20)21-5/h11,14,16H,7-8,10,12-13H2,1-5H3/b15-14+,17-11+. The Kier molecular flexibility index (Phi) is 7.41. The van der Waals surface area contributed by atoms with Crippen molar-refractivity contribution in [1.29, 1.82) is 0 Å². The molecule has 0 radical (unpaired) electrons. The van der Waals surface area contributed by atoms with E-state index in [-0.39, 0.29) is 11.6 Å². The molecule has 1 rings (SSSR count). The van der Waals surface area contributed by atoms with Crippen molar-refractivity contribution in [1.82, 2.24) is 0 Å². The lowest BCUT2D eigenvalue weighted by atomic mass is 9.98. The van der Waals surface area contributed by atoms with Crippen LogP contribution in [0.1, 0.15) is 59.8 Å². The topological polar surface area (TPSA) is 38.8 Å². The zero-order valence-corrected chi connectivity index (χ0v) is 14.5. The lowest BCUT2D eigenvalue weighted by molar-refractivity contribution is -0.134. The molecule has 0 saturated carbocycles. The van der Waals surface area contributed by atoms with Gasteiger partial charge in [0, 0.05) is 6.08 Å². The van der Waals surface area contributed by atoms with Crippen LogP contribution in [-0.4, -0.2) is 24.8 Å². The van der Waals surface area contributed by atoms with Crippen molar-refractivity contribution in [3.05, 3.63) is 23.3 Å². The Morgan fingerprint density at radius 3 is 2.64 bits per heavy atom. The predicted octanol–water partition coefficient (Wildman–Crippen LogP) is 4.18. The molecule has 2 unspecified atom stereocenters. The molecule has 3 nitrogen and oxygen atoms in total. The van der Waals surface area contributed by atoms with Gasteiger partial charge in [-0.05, 0) is 65.4 Å². The molecule has 1 heterocycles. The maximum atomic E-state index is 11.1. The molecule has 0 aliphatic carbocycles. The second-order valence-electron chi connectivity index (χ2n) is 6.08. The molecule has 0 aromatic heterocycles.